The van der Waals surface area contributed by atoms with E-state index in [2.05, 4.69) is 38.5 Å². The molecule has 8 nitrogen and oxygen atoms in total. The average Bonchev–Trinajstić information content (AvgIpc) is 2.66. The SMILES string of the molecule is C[C@H]1C[C@@H](NC(=O)NCCN(C)C)CN(c2ccc(C#N)c3nccnc23)C1. The Hall–Kier alpha value is -2.92. The number of rotatable bonds is 5. The fourth-order valence-corrected chi connectivity index (χ4v) is 3.67. The van der Waals surface area contributed by atoms with E-state index in [1.54, 1.807) is 18.5 Å². The van der Waals surface area contributed by atoms with Gasteiger partial charge in [-0.3, -0.25) is 9.97 Å². The molecule has 0 spiro atoms. The zero-order chi connectivity index (χ0) is 20.1. The Bertz CT molecular complexity index is 876. The fourth-order valence-electron chi connectivity index (χ4n) is 3.67. The molecule has 2 amide bonds. The van der Waals surface area contributed by atoms with Crippen molar-refractivity contribution in [1.29, 1.82) is 5.26 Å². The minimum Gasteiger partial charge on any atom is -0.367 e. The van der Waals surface area contributed by atoms with Gasteiger partial charge in [-0.25, -0.2) is 4.79 Å². The lowest BCUT2D eigenvalue weighted by Gasteiger charge is -2.38. The summed E-state index contributed by atoms with van der Waals surface area (Å²) in [6.07, 6.45) is 4.18. The van der Waals surface area contributed by atoms with Crippen molar-refractivity contribution in [3.8, 4) is 6.07 Å². The number of urea groups is 1. The summed E-state index contributed by atoms with van der Waals surface area (Å²) >= 11 is 0. The topological polar surface area (TPSA) is 97.2 Å². The molecule has 2 N–H and O–H groups in total. The Morgan fingerprint density at radius 2 is 2.04 bits per heavy atom. The van der Waals surface area contributed by atoms with Gasteiger partial charge in [-0.1, -0.05) is 6.92 Å². The van der Waals surface area contributed by atoms with E-state index in [-0.39, 0.29) is 12.1 Å². The Morgan fingerprint density at radius 1 is 1.29 bits per heavy atom. The molecule has 0 saturated carbocycles. The molecule has 1 saturated heterocycles. The maximum Gasteiger partial charge on any atom is 0.315 e. The molecular weight excluding hydrogens is 354 g/mol. The van der Waals surface area contributed by atoms with Gasteiger partial charge in [0, 0.05) is 44.6 Å². The lowest BCUT2D eigenvalue weighted by atomic mass is 9.95. The van der Waals surface area contributed by atoms with E-state index >= 15 is 0 Å². The van der Waals surface area contributed by atoms with Gasteiger partial charge >= 0.3 is 6.03 Å². The summed E-state index contributed by atoms with van der Waals surface area (Å²) in [4.78, 5) is 25.3. The van der Waals surface area contributed by atoms with Gasteiger partial charge in [0.2, 0.25) is 0 Å². The van der Waals surface area contributed by atoms with Crippen molar-refractivity contribution in [1.82, 2.24) is 25.5 Å². The van der Waals surface area contributed by atoms with Gasteiger partial charge in [0.1, 0.15) is 17.1 Å². The highest BCUT2D eigenvalue weighted by molar-refractivity contribution is 5.92. The van der Waals surface area contributed by atoms with E-state index in [1.807, 2.05) is 25.1 Å². The molecule has 1 aliphatic heterocycles. The molecule has 8 heteroatoms. The van der Waals surface area contributed by atoms with Crippen LogP contribution in [0.2, 0.25) is 0 Å². The summed E-state index contributed by atoms with van der Waals surface area (Å²) in [5.74, 6) is 0.420. The van der Waals surface area contributed by atoms with Crippen molar-refractivity contribution in [2.24, 2.45) is 5.92 Å². The maximum absolute atomic E-state index is 12.2. The summed E-state index contributed by atoms with van der Waals surface area (Å²) < 4.78 is 0. The highest BCUT2D eigenvalue weighted by Crippen LogP contribution is 2.30. The Kier molecular flexibility index (Phi) is 6.26. The Balaban J connectivity index is 1.74. The first-order valence-corrected chi connectivity index (χ1v) is 9.55. The zero-order valence-corrected chi connectivity index (χ0v) is 16.6. The molecule has 0 unspecified atom stereocenters. The van der Waals surface area contributed by atoms with Crippen LogP contribution in [0.5, 0.6) is 0 Å². The molecule has 0 radical (unpaired) electrons. The number of likely N-dealkylation sites (N-methyl/N-ethyl adjacent to an activating group) is 1. The third kappa shape index (κ3) is 4.67. The molecule has 1 aliphatic rings. The molecule has 28 heavy (non-hydrogen) atoms. The second kappa shape index (κ2) is 8.85. The van der Waals surface area contributed by atoms with Crippen LogP contribution in [-0.2, 0) is 0 Å². The number of amides is 2. The Morgan fingerprint density at radius 3 is 2.75 bits per heavy atom. The van der Waals surface area contributed by atoms with Crippen molar-refractivity contribution in [2.75, 3.05) is 45.2 Å². The number of carbonyl (C=O) groups is 1. The van der Waals surface area contributed by atoms with Gasteiger partial charge in [-0.2, -0.15) is 5.26 Å². The highest BCUT2D eigenvalue weighted by atomic mass is 16.2. The van der Waals surface area contributed by atoms with Gasteiger partial charge in [0.25, 0.3) is 0 Å². The first-order valence-electron chi connectivity index (χ1n) is 9.55. The monoisotopic (exact) mass is 381 g/mol. The van der Waals surface area contributed by atoms with Crippen LogP contribution in [-0.4, -0.2) is 67.2 Å². The molecule has 0 aliphatic carbocycles. The molecule has 0 bridgehead atoms. The lowest BCUT2D eigenvalue weighted by Crippen LogP contribution is -2.53. The van der Waals surface area contributed by atoms with Gasteiger partial charge in [0.05, 0.1) is 11.3 Å². The van der Waals surface area contributed by atoms with Crippen LogP contribution >= 0.6 is 0 Å². The normalized spacial score (nSPS) is 19.5. The molecule has 2 heterocycles. The third-order valence-electron chi connectivity index (χ3n) is 4.90. The smallest absolute Gasteiger partial charge is 0.315 e. The third-order valence-corrected chi connectivity index (χ3v) is 4.90. The lowest BCUT2D eigenvalue weighted by molar-refractivity contribution is 0.231. The molecule has 3 rings (SSSR count). The van der Waals surface area contributed by atoms with Crippen LogP contribution in [0.1, 0.15) is 18.9 Å². The number of carbonyl (C=O) groups excluding carboxylic acids is 1. The van der Waals surface area contributed by atoms with E-state index in [1.165, 1.54) is 0 Å². The molecule has 1 fully saturated rings. The van der Waals surface area contributed by atoms with Crippen LogP contribution in [0.15, 0.2) is 24.5 Å². The summed E-state index contributed by atoms with van der Waals surface area (Å²) in [6, 6.07) is 5.82. The van der Waals surface area contributed by atoms with E-state index in [4.69, 9.17) is 0 Å². The molecule has 1 aromatic carbocycles. The van der Waals surface area contributed by atoms with Crippen molar-refractivity contribution in [3.05, 3.63) is 30.1 Å². The number of benzene rings is 1. The second-order valence-corrected chi connectivity index (χ2v) is 7.64. The van der Waals surface area contributed by atoms with Crippen LogP contribution in [0.4, 0.5) is 10.5 Å². The largest absolute Gasteiger partial charge is 0.367 e. The van der Waals surface area contributed by atoms with E-state index in [9.17, 15) is 10.1 Å². The first kappa shape index (κ1) is 19.8. The summed E-state index contributed by atoms with van der Waals surface area (Å²) in [5.41, 5.74) is 2.82. The fraction of sp³-hybridized carbons (Fsp3) is 0.500. The number of nitrogens with zero attached hydrogens (tertiary/aromatic N) is 5. The molecular formula is C20H27N7O. The molecule has 148 valence electrons. The van der Waals surface area contributed by atoms with Crippen LogP contribution in [0.25, 0.3) is 11.0 Å². The van der Waals surface area contributed by atoms with Gasteiger partial charge in [-0.15, -0.1) is 0 Å². The van der Waals surface area contributed by atoms with Crippen molar-refractivity contribution < 1.29 is 4.79 Å². The standard InChI is InChI=1S/C20H27N7O/c1-14-10-16(25-20(28)24-8-9-26(2)3)13-27(12-14)17-5-4-15(11-21)18-19(17)23-7-6-22-18/h4-7,14,16H,8-10,12-13H2,1-3H3,(H2,24,25,28)/t14-,16+/m0/s1. The summed E-state index contributed by atoms with van der Waals surface area (Å²) in [5, 5.41) is 15.3. The van der Waals surface area contributed by atoms with Crippen molar-refractivity contribution in [2.45, 2.75) is 19.4 Å². The van der Waals surface area contributed by atoms with Crippen molar-refractivity contribution >= 4 is 22.8 Å². The molecule has 2 aromatic rings. The highest BCUT2D eigenvalue weighted by Gasteiger charge is 2.27. The Labute approximate surface area is 165 Å². The molecule has 2 atom stereocenters. The number of anilines is 1. The number of aromatic nitrogens is 2. The number of nitrogens with one attached hydrogen (secondary N) is 2. The van der Waals surface area contributed by atoms with Crippen LogP contribution in [0, 0.1) is 17.2 Å². The van der Waals surface area contributed by atoms with Crippen molar-refractivity contribution in [3.63, 3.8) is 0 Å². The summed E-state index contributed by atoms with van der Waals surface area (Å²) in [7, 11) is 3.95. The average molecular weight is 381 g/mol. The number of hydrogen-bond donors (Lipinski definition) is 2. The van der Waals surface area contributed by atoms with Gasteiger partial charge < -0.3 is 20.4 Å². The molecule has 1 aromatic heterocycles. The zero-order valence-electron chi connectivity index (χ0n) is 16.6. The van der Waals surface area contributed by atoms with E-state index < -0.39 is 0 Å². The predicted molar refractivity (Wildman–Crippen MR) is 109 cm³/mol. The van der Waals surface area contributed by atoms with Gasteiger partial charge in [0.15, 0.2) is 0 Å². The number of piperidine rings is 1. The van der Waals surface area contributed by atoms with Crippen LogP contribution < -0.4 is 15.5 Å². The maximum atomic E-state index is 12.2. The number of hydrogen-bond acceptors (Lipinski definition) is 6. The van der Waals surface area contributed by atoms with Gasteiger partial charge in [-0.05, 0) is 38.6 Å². The minimum atomic E-state index is -0.134. The first-order chi connectivity index (χ1) is 13.5. The number of fused-ring (bicyclic) bond motifs is 1. The predicted octanol–water partition coefficient (Wildman–Crippen LogP) is 1.58. The second-order valence-electron chi connectivity index (χ2n) is 7.64. The summed E-state index contributed by atoms with van der Waals surface area (Å²) in [6.45, 7) is 5.17. The van der Waals surface area contributed by atoms with Crippen LogP contribution in [0.3, 0.4) is 0 Å². The quantitative estimate of drug-likeness (QED) is 0.816. The number of nitriles is 1. The van der Waals surface area contributed by atoms with E-state index in [0.717, 1.165) is 30.7 Å². The minimum absolute atomic E-state index is 0.0467. The van der Waals surface area contributed by atoms with E-state index in [0.29, 0.717) is 30.1 Å².